The molecule has 0 atom stereocenters. The van der Waals surface area contributed by atoms with E-state index in [1.54, 1.807) is 0 Å². The third-order valence-electron chi connectivity index (χ3n) is 0.975. The first-order valence-corrected chi connectivity index (χ1v) is 3.36. The summed E-state index contributed by atoms with van der Waals surface area (Å²) in [4.78, 5) is 25.2. The molecule has 70 valence electrons. The fourth-order valence-corrected chi connectivity index (χ4v) is 0.449. The number of carbonyl (C=O) groups is 2. The second kappa shape index (κ2) is 6.56. The van der Waals surface area contributed by atoms with Gasteiger partial charge in [0.2, 0.25) is 5.91 Å². The minimum absolute atomic E-state index is 0.190. The van der Waals surface area contributed by atoms with Crippen LogP contribution in [0.2, 0.25) is 0 Å². The minimum atomic E-state index is -0.569. The van der Waals surface area contributed by atoms with Crippen LogP contribution >= 0.6 is 0 Å². The van der Waals surface area contributed by atoms with E-state index in [-0.39, 0.29) is 19.0 Å². The predicted octanol–water partition coefficient (Wildman–Crippen LogP) is -1.44. The van der Waals surface area contributed by atoms with Crippen molar-refractivity contribution in [2.45, 2.75) is 6.42 Å². The smallest absolute Gasteiger partial charge is 0.306 e. The molecule has 0 bridgehead atoms. The predicted molar refractivity (Wildman–Crippen MR) is 39.8 cm³/mol. The van der Waals surface area contributed by atoms with Gasteiger partial charge in [0.05, 0.1) is 13.5 Å². The van der Waals surface area contributed by atoms with Gasteiger partial charge in [0.1, 0.15) is 6.61 Å². The summed E-state index contributed by atoms with van der Waals surface area (Å²) in [5.74, 6) is -0.911. The van der Waals surface area contributed by atoms with E-state index >= 15 is 0 Å². The summed E-state index contributed by atoms with van der Waals surface area (Å²) < 4.78 is 4.35. The van der Waals surface area contributed by atoms with Gasteiger partial charge in [-0.25, -0.2) is 5.48 Å². The number of nitrogens with two attached hydrogens (primary N) is 1. The topological polar surface area (TPSA) is 90.7 Å². The molecular formula is C6H12N2O4. The molecule has 6 heteroatoms. The van der Waals surface area contributed by atoms with Crippen molar-refractivity contribution in [1.82, 2.24) is 5.48 Å². The van der Waals surface area contributed by atoms with Crippen LogP contribution in [0.15, 0.2) is 0 Å². The van der Waals surface area contributed by atoms with Gasteiger partial charge in [-0.2, -0.15) is 0 Å². The third kappa shape index (κ3) is 6.97. The standard InChI is InChI=1S/C6H12N2O4/c1-11-6(10)2-3-8-12-4-5(7)9/h8H,2-4H2,1H3,(H2,7,9). The second-order valence-electron chi connectivity index (χ2n) is 1.98. The summed E-state index contributed by atoms with van der Waals surface area (Å²) in [6, 6.07) is 0. The van der Waals surface area contributed by atoms with E-state index in [9.17, 15) is 9.59 Å². The molecule has 3 N–H and O–H groups in total. The maximum atomic E-state index is 10.5. The molecule has 0 fully saturated rings. The lowest BCUT2D eigenvalue weighted by molar-refractivity contribution is -0.141. The van der Waals surface area contributed by atoms with Crippen molar-refractivity contribution in [1.29, 1.82) is 0 Å². The van der Waals surface area contributed by atoms with Crippen LogP contribution in [0.1, 0.15) is 6.42 Å². The van der Waals surface area contributed by atoms with Gasteiger partial charge in [-0.3, -0.25) is 14.4 Å². The van der Waals surface area contributed by atoms with E-state index < -0.39 is 5.91 Å². The molecule has 0 rings (SSSR count). The summed E-state index contributed by atoms with van der Waals surface area (Å²) in [7, 11) is 1.30. The van der Waals surface area contributed by atoms with Crippen molar-refractivity contribution in [3.05, 3.63) is 0 Å². The number of ether oxygens (including phenoxy) is 1. The van der Waals surface area contributed by atoms with Crippen molar-refractivity contribution in [3.8, 4) is 0 Å². The number of nitrogens with one attached hydrogen (secondary N) is 1. The summed E-state index contributed by atoms with van der Waals surface area (Å²) >= 11 is 0. The van der Waals surface area contributed by atoms with Crippen molar-refractivity contribution < 1.29 is 19.2 Å². The Morgan fingerprint density at radius 3 is 2.67 bits per heavy atom. The SMILES string of the molecule is COC(=O)CCNOCC(N)=O. The number of methoxy groups -OCH3 is 1. The van der Waals surface area contributed by atoms with Gasteiger partial charge in [-0.15, -0.1) is 0 Å². The van der Waals surface area contributed by atoms with Gasteiger partial charge >= 0.3 is 5.97 Å². The lowest BCUT2D eigenvalue weighted by atomic mass is 10.4. The van der Waals surface area contributed by atoms with Gasteiger partial charge in [0.25, 0.3) is 0 Å². The average Bonchev–Trinajstić information content (AvgIpc) is 2.03. The number of carbonyl (C=O) groups excluding carboxylic acids is 2. The molecule has 0 aliphatic rings. The van der Waals surface area contributed by atoms with Crippen molar-refractivity contribution in [2.75, 3.05) is 20.3 Å². The monoisotopic (exact) mass is 176 g/mol. The van der Waals surface area contributed by atoms with Gasteiger partial charge in [-0.05, 0) is 0 Å². The Balaban J connectivity index is 3.11. The summed E-state index contributed by atoms with van der Waals surface area (Å²) in [5, 5.41) is 0. The van der Waals surface area contributed by atoms with Crippen LogP contribution in [-0.2, 0) is 19.2 Å². The number of amides is 1. The number of esters is 1. The highest BCUT2D eigenvalue weighted by Gasteiger charge is 1.98. The molecule has 0 spiro atoms. The van der Waals surface area contributed by atoms with Crippen LogP contribution < -0.4 is 11.2 Å². The van der Waals surface area contributed by atoms with Crippen molar-refractivity contribution in [3.63, 3.8) is 0 Å². The lowest BCUT2D eigenvalue weighted by Crippen LogP contribution is -2.26. The summed E-state index contributed by atoms with van der Waals surface area (Å²) in [6.45, 7) is 0.0845. The zero-order valence-electron chi connectivity index (χ0n) is 6.83. The van der Waals surface area contributed by atoms with Gasteiger partial charge in [0.15, 0.2) is 0 Å². The highest BCUT2D eigenvalue weighted by Crippen LogP contribution is 1.80. The first-order valence-electron chi connectivity index (χ1n) is 3.36. The fourth-order valence-electron chi connectivity index (χ4n) is 0.449. The third-order valence-corrected chi connectivity index (χ3v) is 0.975. The van der Waals surface area contributed by atoms with Crippen molar-refractivity contribution >= 4 is 11.9 Å². The Morgan fingerprint density at radius 1 is 1.50 bits per heavy atom. The Bertz CT molecular complexity index is 160. The van der Waals surface area contributed by atoms with Gasteiger partial charge in [-0.1, -0.05) is 0 Å². The summed E-state index contributed by atoms with van der Waals surface area (Å²) in [6.07, 6.45) is 0.190. The van der Waals surface area contributed by atoms with Gasteiger partial charge < -0.3 is 10.5 Å². The molecule has 0 aromatic rings. The molecule has 0 unspecified atom stereocenters. The summed E-state index contributed by atoms with van der Waals surface area (Å²) in [5.41, 5.74) is 7.15. The number of hydrogen-bond acceptors (Lipinski definition) is 5. The molecule has 6 nitrogen and oxygen atoms in total. The molecule has 0 aromatic carbocycles. The number of rotatable bonds is 6. The number of hydroxylamine groups is 1. The van der Waals surface area contributed by atoms with E-state index in [2.05, 4.69) is 15.1 Å². The van der Waals surface area contributed by atoms with Crippen LogP contribution in [-0.4, -0.2) is 32.1 Å². The average molecular weight is 176 g/mol. The Morgan fingerprint density at radius 2 is 2.17 bits per heavy atom. The minimum Gasteiger partial charge on any atom is -0.469 e. The van der Waals surface area contributed by atoms with Crippen LogP contribution in [0.5, 0.6) is 0 Å². The largest absolute Gasteiger partial charge is 0.469 e. The molecule has 0 saturated heterocycles. The maximum absolute atomic E-state index is 10.5. The molecule has 0 saturated carbocycles. The van der Waals surface area contributed by atoms with E-state index in [0.717, 1.165) is 0 Å². The molecule has 0 heterocycles. The van der Waals surface area contributed by atoms with E-state index in [4.69, 9.17) is 5.73 Å². The molecule has 0 aliphatic heterocycles. The quantitative estimate of drug-likeness (QED) is 0.294. The van der Waals surface area contributed by atoms with E-state index in [1.807, 2.05) is 0 Å². The molecule has 0 radical (unpaired) electrons. The molecule has 0 aromatic heterocycles. The first-order chi connectivity index (χ1) is 5.66. The normalized spacial score (nSPS) is 9.42. The second-order valence-corrected chi connectivity index (χ2v) is 1.98. The molecule has 12 heavy (non-hydrogen) atoms. The zero-order valence-corrected chi connectivity index (χ0v) is 6.83. The maximum Gasteiger partial charge on any atom is 0.306 e. The highest BCUT2D eigenvalue weighted by molar-refractivity contribution is 5.74. The molecule has 0 aliphatic carbocycles. The Labute approximate surface area is 70.0 Å². The van der Waals surface area contributed by atoms with Crippen LogP contribution in [0.25, 0.3) is 0 Å². The lowest BCUT2D eigenvalue weighted by Gasteiger charge is -2.01. The van der Waals surface area contributed by atoms with Crippen molar-refractivity contribution in [2.24, 2.45) is 5.73 Å². The van der Waals surface area contributed by atoms with Gasteiger partial charge in [0, 0.05) is 6.54 Å². The van der Waals surface area contributed by atoms with E-state index in [0.29, 0.717) is 6.54 Å². The number of primary amides is 1. The van der Waals surface area contributed by atoms with Crippen LogP contribution in [0.4, 0.5) is 0 Å². The zero-order chi connectivity index (χ0) is 9.40. The fraction of sp³-hybridized carbons (Fsp3) is 0.667. The van der Waals surface area contributed by atoms with Crippen LogP contribution in [0.3, 0.4) is 0 Å². The van der Waals surface area contributed by atoms with E-state index in [1.165, 1.54) is 7.11 Å². The first kappa shape index (κ1) is 10.9. The number of hydrogen-bond donors (Lipinski definition) is 2. The van der Waals surface area contributed by atoms with Crippen LogP contribution in [0, 0.1) is 0 Å². The highest BCUT2D eigenvalue weighted by atomic mass is 16.6. The molecular weight excluding hydrogens is 164 g/mol. The Hall–Kier alpha value is -1.14. The molecule has 1 amide bonds. The Kier molecular flexibility index (Phi) is 5.94.